The summed E-state index contributed by atoms with van der Waals surface area (Å²) < 4.78 is 0. The predicted octanol–water partition coefficient (Wildman–Crippen LogP) is 5.26. The number of fused-ring (bicyclic) bond motifs is 1. The molecule has 0 bridgehead atoms. The average molecular weight is 331 g/mol. The summed E-state index contributed by atoms with van der Waals surface area (Å²) >= 11 is 1.75. The average Bonchev–Trinajstić information content (AvgIpc) is 2.79. The van der Waals surface area contributed by atoms with E-state index in [2.05, 4.69) is 23.5 Å². The van der Waals surface area contributed by atoms with Crippen LogP contribution in [0.2, 0.25) is 0 Å². The van der Waals surface area contributed by atoms with E-state index >= 15 is 0 Å². The van der Waals surface area contributed by atoms with Crippen molar-refractivity contribution in [3.8, 4) is 0 Å². The van der Waals surface area contributed by atoms with Gasteiger partial charge in [0.05, 0.1) is 16.9 Å². The Bertz CT molecular complexity index is 848. The summed E-state index contributed by atoms with van der Waals surface area (Å²) in [5.41, 5.74) is 3.11. The van der Waals surface area contributed by atoms with Gasteiger partial charge in [-0.25, -0.2) is 0 Å². The summed E-state index contributed by atoms with van der Waals surface area (Å²) in [6.07, 6.45) is 0. The Balaban J connectivity index is 1.85. The lowest BCUT2D eigenvalue weighted by Gasteiger charge is -2.24. The molecule has 0 fully saturated rings. The molecule has 2 atom stereocenters. The third-order valence-electron chi connectivity index (χ3n) is 4.27. The van der Waals surface area contributed by atoms with Crippen LogP contribution in [0.15, 0.2) is 89.8 Å². The largest absolute Gasteiger partial charge is 0.324 e. The quantitative estimate of drug-likeness (QED) is 0.694. The second kappa shape index (κ2) is 6.54. The van der Waals surface area contributed by atoms with E-state index in [9.17, 15) is 4.79 Å². The minimum absolute atomic E-state index is 0.0391. The second-order valence-corrected chi connectivity index (χ2v) is 7.01. The number of hydrogen-bond donors (Lipinski definition) is 1. The van der Waals surface area contributed by atoms with Crippen molar-refractivity contribution < 1.29 is 4.79 Å². The first kappa shape index (κ1) is 15.0. The number of amides is 1. The van der Waals surface area contributed by atoms with E-state index in [-0.39, 0.29) is 17.1 Å². The molecule has 24 heavy (non-hydrogen) atoms. The first-order chi connectivity index (χ1) is 11.8. The maximum atomic E-state index is 13.0. The Morgan fingerprint density at radius 3 is 2.00 bits per heavy atom. The SMILES string of the molecule is O=C1Nc2ccccc2S[C@H](c2ccccc2)[C@H]1c1ccccc1. The number of benzene rings is 3. The summed E-state index contributed by atoms with van der Waals surface area (Å²) in [6.45, 7) is 0. The zero-order chi connectivity index (χ0) is 16.4. The van der Waals surface area contributed by atoms with Gasteiger partial charge in [-0.3, -0.25) is 4.79 Å². The topological polar surface area (TPSA) is 29.1 Å². The molecule has 1 N–H and O–H groups in total. The molecular formula is C21H17NOS. The number of carbonyl (C=O) groups is 1. The van der Waals surface area contributed by atoms with Crippen LogP contribution in [0.4, 0.5) is 5.69 Å². The van der Waals surface area contributed by atoms with E-state index in [0.717, 1.165) is 16.1 Å². The summed E-state index contributed by atoms with van der Waals surface area (Å²) in [7, 11) is 0. The van der Waals surface area contributed by atoms with Crippen molar-refractivity contribution in [2.45, 2.75) is 16.1 Å². The first-order valence-corrected chi connectivity index (χ1v) is 8.87. The number of hydrogen-bond acceptors (Lipinski definition) is 2. The van der Waals surface area contributed by atoms with Crippen LogP contribution < -0.4 is 5.32 Å². The molecule has 3 heteroatoms. The fourth-order valence-electron chi connectivity index (χ4n) is 3.12. The van der Waals surface area contributed by atoms with Gasteiger partial charge in [-0.05, 0) is 23.3 Å². The molecule has 0 saturated heterocycles. The van der Waals surface area contributed by atoms with Crippen LogP contribution in [0.1, 0.15) is 22.3 Å². The van der Waals surface area contributed by atoms with Crippen molar-refractivity contribution in [2.24, 2.45) is 0 Å². The van der Waals surface area contributed by atoms with Gasteiger partial charge in [-0.15, -0.1) is 11.8 Å². The first-order valence-electron chi connectivity index (χ1n) is 7.99. The number of anilines is 1. The molecule has 1 aliphatic heterocycles. The molecule has 0 spiro atoms. The number of carbonyl (C=O) groups excluding carboxylic acids is 1. The molecule has 3 aromatic carbocycles. The van der Waals surface area contributed by atoms with Crippen molar-refractivity contribution in [3.05, 3.63) is 96.1 Å². The molecule has 4 rings (SSSR count). The van der Waals surface area contributed by atoms with Crippen LogP contribution in [0.5, 0.6) is 0 Å². The van der Waals surface area contributed by atoms with E-state index in [1.165, 1.54) is 5.56 Å². The van der Waals surface area contributed by atoms with E-state index in [1.807, 2.05) is 66.7 Å². The van der Waals surface area contributed by atoms with Crippen LogP contribution in [0.3, 0.4) is 0 Å². The van der Waals surface area contributed by atoms with Gasteiger partial charge < -0.3 is 5.32 Å². The number of nitrogens with one attached hydrogen (secondary N) is 1. The van der Waals surface area contributed by atoms with Crippen molar-refractivity contribution in [3.63, 3.8) is 0 Å². The van der Waals surface area contributed by atoms with Gasteiger partial charge in [0.2, 0.25) is 5.91 Å². The lowest BCUT2D eigenvalue weighted by molar-refractivity contribution is -0.117. The van der Waals surface area contributed by atoms with Gasteiger partial charge in [0.15, 0.2) is 0 Å². The van der Waals surface area contributed by atoms with Crippen molar-refractivity contribution in [2.75, 3.05) is 5.32 Å². The maximum absolute atomic E-state index is 13.0. The summed E-state index contributed by atoms with van der Waals surface area (Å²) in [6, 6.07) is 28.4. The van der Waals surface area contributed by atoms with Gasteiger partial charge in [0.25, 0.3) is 0 Å². The third-order valence-corrected chi connectivity index (χ3v) is 5.68. The molecule has 0 unspecified atom stereocenters. The molecule has 1 amide bonds. The van der Waals surface area contributed by atoms with E-state index in [4.69, 9.17) is 0 Å². The van der Waals surface area contributed by atoms with Gasteiger partial charge in [0, 0.05) is 4.90 Å². The molecule has 0 saturated carbocycles. The van der Waals surface area contributed by atoms with Gasteiger partial charge in [-0.1, -0.05) is 72.8 Å². The molecule has 118 valence electrons. The molecular weight excluding hydrogens is 314 g/mol. The van der Waals surface area contributed by atoms with E-state index in [0.29, 0.717) is 0 Å². The second-order valence-electron chi connectivity index (χ2n) is 5.82. The van der Waals surface area contributed by atoms with Crippen LogP contribution in [0, 0.1) is 0 Å². The highest BCUT2D eigenvalue weighted by molar-refractivity contribution is 7.99. The Labute approximate surface area is 145 Å². The van der Waals surface area contributed by atoms with E-state index in [1.54, 1.807) is 11.8 Å². The molecule has 1 heterocycles. The monoisotopic (exact) mass is 331 g/mol. The zero-order valence-corrected chi connectivity index (χ0v) is 13.9. The van der Waals surface area contributed by atoms with Crippen molar-refractivity contribution in [1.82, 2.24) is 0 Å². The lowest BCUT2D eigenvalue weighted by atomic mass is 9.90. The molecule has 1 aliphatic rings. The van der Waals surface area contributed by atoms with Gasteiger partial charge in [-0.2, -0.15) is 0 Å². The highest BCUT2D eigenvalue weighted by atomic mass is 32.2. The maximum Gasteiger partial charge on any atom is 0.233 e. The van der Waals surface area contributed by atoms with Crippen molar-refractivity contribution in [1.29, 1.82) is 0 Å². The van der Waals surface area contributed by atoms with Crippen LogP contribution in [-0.4, -0.2) is 5.91 Å². The molecule has 0 aliphatic carbocycles. The van der Waals surface area contributed by atoms with Crippen LogP contribution in [0.25, 0.3) is 0 Å². The minimum atomic E-state index is -0.231. The summed E-state index contributed by atoms with van der Waals surface area (Å²) in [4.78, 5) is 14.1. The molecule has 0 radical (unpaired) electrons. The van der Waals surface area contributed by atoms with Crippen LogP contribution >= 0.6 is 11.8 Å². The zero-order valence-electron chi connectivity index (χ0n) is 13.1. The predicted molar refractivity (Wildman–Crippen MR) is 99.3 cm³/mol. The fourth-order valence-corrected chi connectivity index (χ4v) is 4.50. The fraction of sp³-hybridized carbons (Fsp3) is 0.0952. The third kappa shape index (κ3) is 2.83. The highest BCUT2D eigenvalue weighted by Gasteiger charge is 2.35. The minimum Gasteiger partial charge on any atom is -0.324 e. The Kier molecular flexibility index (Phi) is 4.09. The van der Waals surface area contributed by atoms with Crippen molar-refractivity contribution >= 4 is 23.4 Å². The highest BCUT2D eigenvalue weighted by Crippen LogP contribution is 2.49. The Morgan fingerprint density at radius 2 is 1.29 bits per heavy atom. The normalized spacial score (nSPS) is 19.9. The van der Waals surface area contributed by atoms with Crippen LogP contribution in [-0.2, 0) is 4.79 Å². The van der Waals surface area contributed by atoms with Gasteiger partial charge in [0.1, 0.15) is 0 Å². The van der Waals surface area contributed by atoms with E-state index < -0.39 is 0 Å². The molecule has 3 aromatic rings. The number of para-hydroxylation sites is 1. The summed E-state index contributed by atoms with van der Waals surface area (Å²) in [5, 5.41) is 3.15. The number of thioether (sulfide) groups is 1. The summed E-state index contributed by atoms with van der Waals surface area (Å²) in [5.74, 6) is -0.182. The molecule has 0 aromatic heterocycles. The Morgan fingerprint density at radius 1 is 0.708 bits per heavy atom. The Hall–Kier alpha value is -2.52. The standard InChI is InChI=1S/C21H17NOS/c23-21-19(15-9-3-1-4-10-15)20(16-11-5-2-6-12-16)24-18-14-8-7-13-17(18)22-21/h1-14,19-20H,(H,22,23)/t19-,20-/m1/s1. The molecule has 2 nitrogen and oxygen atoms in total. The lowest BCUT2D eigenvalue weighted by Crippen LogP contribution is -2.23. The van der Waals surface area contributed by atoms with Gasteiger partial charge >= 0.3 is 0 Å². The smallest absolute Gasteiger partial charge is 0.233 e. The number of rotatable bonds is 2.